The molecule has 0 spiro atoms. The average molecular weight is 406 g/mol. The van der Waals surface area contributed by atoms with Gasteiger partial charge in [0.05, 0.1) is 6.54 Å². The lowest BCUT2D eigenvalue weighted by atomic mass is 10.0. The van der Waals surface area contributed by atoms with Crippen molar-refractivity contribution in [2.75, 3.05) is 23.3 Å². The van der Waals surface area contributed by atoms with E-state index >= 15 is 0 Å². The standard InChI is InChI=1S/C23H26N4O3/c1-4-21(28)27(14-22(29)30)20-13-15(2)18(12-16(20)3)6-5-11-26-19-9-7-17(8-10-19)23(24)25/h7-10,12-13,26H,4,11,14H2,1-3H3,(H3,24,25)(H,29,30). The van der Waals surface area contributed by atoms with E-state index in [1.165, 1.54) is 4.90 Å². The molecular weight excluding hydrogens is 380 g/mol. The van der Waals surface area contributed by atoms with Gasteiger partial charge in [-0.1, -0.05) is 18.8 Å². The minimum atomic E-state index is -1.06. The van der Waals surface area contributed by atoms with Crippen molar-refractivity contribution < 1.29 is 14.7 Å². The van der Waals surface area contributed by atoms with E-state index in [0.29, 0.717) is 17.8 Å². The van der Waals surface area contributed by atoms with Crippen LogP contribution >= 0.6 is 0 Å². The zero-order valence-electron chi connectivity index (χ0n) is 17.4. The lowest BCUT2D eigenvalue weighted by Crippen LogP contribution is -2.35. The Morgan fingerprint density at radius 3 is 2.40 bits per heavy atom. The molecule has 0 bridgehead atoms. The van der Waals surface area contributed by atoms with Gasteiger partial charge in [0, 0.05) is 28.9 Å². The molecule has 0 aromatic heterocycles. The summed E-state index contributed by atoms with van der Waals surface area (Å²) >= 11 is 0. The second-order valence-electron chi connectivity index (χ2n) is 6.83. The Balaban J connectivity index is 2.14. The van der Waals surface area contributed by atoms with E-state index in [9.17, 15) is 9.59 Å². The van der Waals surface area contributed by atoms with Gasteiger partial charge in [0.2, 0.25) is 5.91 Å². The van der Waals surface area contributed by atoms with Gasteiger partial charge < -0.3 is 21.1 Å². The topological polar surface area (TPSA) is 120 Å². The zero-order valence-corrected chi connectivity index (χ0v) is 17.4. The lowest BCUT2D eigenvalue weighted by molar-refractivity contribution is -0.136. The van der Waals surface area contributed by atoms with Gasteiger partial charge in [0.1, 0.15) is 12.4 Å². The van der Waals surface area contributed by atoms with Crippen LogP contribution in [0.15, 0.2) is 36.4 Å². The summed E-state index contributed by atoms with van der Waals surface area (Å²) in [5.41, 5.74) is 10.1. The highest BCUT2D eigenvalue weighted by molar-refractivity contribution is 5.98. The fourth-order valence-corrected chi connectivity index (χ4v) is 2.91. The van der Waals surface area contributed by atoms with E-state index in [1.807, 2.05) is 38.1 Å². The molecule has 7 heteroatoms. The largest absolute Gasteiger partial charge is 0.480 e. The number of hydrogen-bond acceptors (Lipinski definition) is 4. The molecule has 7 nitrogen and oxygen atoms in total. The Labute approximate surface area is 176 Å². The van der Waals surface area contributed by atoms with Crippen LogP contribution in [0.4, 0.5) is 11.4 Å². The Bertz CT molecular complexity index is 1020. The summed E-state index contributed by atoms with van der Waals surface area (Å²) in [4.78, 5) is 24.7. The van der Waals surface area contributed by atoms with Gasteiger partial charge in [-0.25, -0.2) is 0 Å². The SMILES string of the molecule is CCC(=O)N(CC(=O)O)c1cc(C)c(C#CCNc2ccc(C(=N)N)cc2)cc1C. The van der Waals surface area contributed by atoms with Gasteiger partial charge in [-0.05, 0) is 61.4 Å². The van der Waals surface area contributed by atoms with Crippen LogP contribution in [-0.2, 0) is 9.59 Å². The van der Waals surface area contributed by atoms with Crippen molar-refractivity contribution >= 4 is 29.1 Å². The number of nitrogen functional groups attached to an aromatic ring is 1. The van der Waals surface area contributed by atoms with Crippen molar-refractivity contribution in [2.45, 2.75) is 27.2 Å². The minimum absolute atomic E-state index is 0.0261. The molecule has 1 amide bonds. The van der Waals surface area contributed by atoms with E-state index < -0.39 is 5.97 Å². The fourth-order valence-electron chi connectivity index (χ4n) is 2.91. The maximum absolute atomic E-state index is 12.2. The second kappa shape index (κ2) is 10.1. The maximum Gasteiger partial charge on any atom is 0.323 e. The highest BCUT2D eigenvalue weighted by atomic mass is 16.4. The van der Waals surface area contributed by atoms with Crippen LogP contribution in [0, 0.1) is 31.1 Å². The van der Waals surface area contributed by atoms with E-state index in [-0.39, 0.29) is 24.7 Å². The first-order valence-corrected chi connectivity index (χ1v) is 9.53. The monoisotopic (exact) mass is 406 g/mol. The van der Waals surface area contributed by atoms with Crippen molar-refractivity contribution in [2.24, 2.45) is 5.73 Å². The number of nitrogens with two attached hydrogens (primary N) is 1. The summed E-state index contributed by atoms with van der Waals surface area (Å²) in [6, 6.07) is 10.9. The van der Waals surface area contributed by atoms with Crippen LogP contribution in [0.5, 0.6) is 0 Å². The molecule has 30 heavy (non-hydrogen) atoms. The molecule has 0 radical (unpaired) electrons. The molecular formula is C23H26N4O3. The van der Waals surface area contributed by atoms with Crippen LogP contribution in [0.1, 0.15) is 35.6 Å². The Kier molecular flexibility index (Phi) is 7.59. The lowest BCUT2D eigenvalue weighted by Gasteiger charge is -2.23. The third-order valence-electron chi connectivity index (χ3n) is 4.53. The molecule has 0 atom stereocenters. The number of carboxylic acids is 1. The molecule has 0 aliphatic carbocycles. The van der Waals surface area contributed by atoms with Gasteiger partial charge in [0.25, 0.3) is 0 Å². The normalized spacial score (nSPS) is 9.97. The van der Waals surface area contributed by atoms with E-state index in [0.717, 1.165) is 22.4 Å². The van der Waals surface area contributed by atoms with Crippen molar-refractivity contribution in [3.63, 3.8) is 0 Å². The molecule has 0 heterocycles. The Morgan fingerprint density at radius 2 is 1.83 bits per heavy atom. The Morgan fingerprint density at radius 1 is 1.17 bits per heavy atom. The molecule has 0 saturated carbocycles. The predicted octanol–water partition coefficient (Wildman–Crippen LogP) is 2.88. The zero-order chi connectivity index (χ0) is 22.3. The number of carboxylic acid groups (broad SMARTS) is 1. The molecule has 0 aliphatic rings. The van der Waals surface area contributed by atoms with Gasteiger partial charge in [-0.15, -0.1) is 0 Å². The predicted molar refractivity (Wildman–Crippen MR) is 119 cm³/mol. The number of hydrogen-bond donors (Lipinski definition) is 4. The molecule has 2 aromatic carbocycles. The summed E-state index contributed by atoms with van der Waals surface area (Å²) in [6.07, 6.45) is 0.229. The van der Waals surface area contributed by atoms with Crippen LogP contribution < -0.4 is 16.0 Å². The summed E-state index contributed by atoms with van der Waals surface area (Å²) in [5, 5.41) is 19.7. The molecule has 2 rings (SSSR count). The average Bonchev–Trinajstić information content (AvgIpc) is 2.71. The number of benzene rings is 2. The maximum atomic E-state index is 12.2. The molecule has 156 valence electrons. The number of aryl methyl sites for hydroxylation is 2. The number of nitrogens with one attached hydrogen (secondary N) is 2. The van der Waals surface area contributed by atoms with Gasteiger partial charge in [-0.2, -0.15) is 0 Å². The summed E-state index contributed by atoms with van der Waals surface area (Å²) in [7, 11) is 0. The van der Waals surface area contributed by atoms with E-state index in [1.54, 1.807) is 19.1 Å². The molecule has 0 aliphatic heterocycles. The van der Waals surface area contributed by atoms with Crippen molar-refractivity contribution in [3.05, 3.63) is 58.7 Å². The highest BCUT2D eigenvalue weighted by Crippen LogP contribution is 2.25. The smallest absolute Gasteiger partial charge is 0.323 e. The number of nitrogens with zero attached hydrogens (tertiary/aromatic N) is 1. The van der Waals surface area contributed by atoms with Gasteiger partial charge in [-0.3, -0.25) is 15.0 Å². The molecule has 0 unspecified atom stereocenters. The van der Waals surface area contributed by atoms with Crippen molar-refractivity contribution in [3.8, 4) is 11.8 Å². The van der Waals surface area contributed by atoms with Crippen LogP contribution in [-0.4, -0.2) is 35.9 Å². The number of anilines is 2. The third-order valence-corrected chi connectivity index (χ3v) is 4.53. The number of carbonyl (C=O) groups excluding carboxylic acids is 1. The van der Waals surface area contributed by atoms with Gasteiger partial charge >= 0.3 is 5.97 Å². The fraction of sp³-hybridized carbons (Fsp3) is 0.261. The van der Waals surface area contributed by atoms with Crippen molar-refractivity contribution in [1.29, 1.82) is 5.41 Å². The number of aliphatic carboxylic acids is 1. The van der Waals surface area contributed by atoms with Crippen LogP contribution in [0.3, 0.4) is 0 Å². The summed E-state index contributed by atoms with van der Waals surface area (Å²) in [5.74, 6) is 4.92. The number of amides is 1. The molecule has 0 fully saturated rings. The highest BCUT2D eigenvalue weighted by Gasteiger charge is 2.19. The van der Waals surface area contributed by atoms with Crippen LogP contribution in [0.2, 0.25) is 0 Å². The van der Waals surface area contributed by atoms with Gasteiger partial charge in [0.15, 0.2) is 0 Å². The molecule has 0 saturated heterocycles. The first-order valence-electron chi connectivity index (χ1n) is 9.53. The Hall–Kier alpha value is -3.79. The quantitative estimate of drug-likeness (QED) is 0.320. The van der Waals surface area contributed by atoms with E-state index in [4.69, 9.17) is 16.2 Å². The number of amidine groups is 1. The van der Waals surface area contributed by atoms with Crippen LogP contribution in [0.25, 0.3) is 0 Å². The molecule has 2 aromatic rings. The minimum Gasteiger partial charge on any atom is -0.480 e. The molecule has 5 N–H and O–H groups in total. The van der Waals surface area contributed by atoms with Crippen molar-refractivity contribution in [1.82, 2.24) is 0 Å². The van der Waals surface area contributed by atoms with E-state index in [2.05, 4.69) is 17.2 Å². The second-order valence-corrected chi connectivity index (χ2v) is 6.83. The first kappa shape index (κ1) is 22.5. The summed E-state index contributed by atoms with van der Waals surface area (Å²) in [6.45, 7) is 5.49. The third kappa shape index (κ3) is 5.85. The number of carbonyl (C=O) groups is 2. The first-order chi connectivity index (χ1) is 14.2. The summed E-state index contributed by atoms with van der Waals surface area (Å²) < 4.78 is 0. The number of rotatable bonds is 7.